The van der Waals surface area contributed by atoms with E-state index in [0.29, 0.717) is 23.2 Å². The van der Waals surface area contributed by atoms with Crippen LogP contribution in [0.15, 0.2) is 28.8 Å². The van der Waals surface area contributed by atoms with Crippen LogP contribution in [0.25, 0.3) is 0 Å². The van der Waals surface area contributed by atoms with Gasteiger partial charge in [-0.25, -0.2) is 0 Å². The second kappa shape index (κ2) is 7.61. The molecule has 0 unspecified atom stereocenters. The Morgan fingerprint density at radius 1 is 1.43 bits per heavy atom. The van der Waals surface area contributed by atoms with Crippen LogP contribution in [0.3, 0.4) is 0 Å². The van der Waals surface area contributed by atoms with Crippen molar-refractivity contribution in [2.45, 2.75) is 26.5 Å². The molecule has 8 heteroatoms. The first kappa shape index (κ1) is 16.9. The monoisotopic (exact) mass is 312 g/mol. The number of carbonyl (C=O) groups excluding carboxylic acids is 1. The summed E-state index contributed by atoms with van der Waals surface area (Å²) < 4.78 is 10.4. The van der Waals surface area contributed by atoms with E-state index in [-0.39, 0.29) is 24.9 Å². The summed E-state index contributed by atoms with van der Waals surface area (Å²) >= 11 is 0. The molecule has 7 nitrogen and oxygen atoms in total. The van der Waals surface area contributed by atoms with Crippen LogP contribution >= 0.6 is 12.4 Å². The first-order valence-corrected chi connectivity index (χ1v) is 6.13. The van der Waals surface area contributed by atoms with E-state index in [4.69, 9.17) is 15.0 Å². The predicted molar refractivity (Wildman–Crippen MR) is 79.3 cm³/mol. The lowest BCUT2D eigenvalue weighted by atomic mass is 10.2. The van der Waals surface area contributed by atoms with Gasteiger partial charge < -0.3 is 20.3 Å². The third-order valence-corrected chi connectivity index (χ3v) is 2.47. The maximum absolute atomic E-state index is 11.4. The standard InChI is InChI=1S/C13H16N4O3.ClH/c1-8(14)13(18)16-10-3-5-11(6-4-10)19-7-12-15-9(2)17-20-12;/h3-6,8H,7,14H2,1-2H3,(H,16,18);1H/t8-;/m0./s1. The second-order valence-corrected chi connectivity index (χ2v) is 4.33. The zero-order valence-electron chi connectivity index (χ0n) is 11.7. The van der Waals surface area contributed by atoms with Gasteiger partial charge in [-0.2, -0.15) is 4.98 Å². The van der Waals surface area contributed by atoms with Crippen molar-refractivity contribution in [3.63, 3.8) is 0 Å². The number of hydrogen-bond donors (Lipinski definition) is 2. The van der Waals surface area contributed by atoms with E-state index < -0.39 is 6.04 Å². The van der Waals surface area contributed by atoms with E-state index in [2.05, 4.69) is 15.5 Å². The molecule has 1 aromatic heterocycles. The number of benzene rings is 1. The Morgan fingerprint density at radius 3 is 2.62 bits per heavy atom. The third-order valence-electron chi connectivity index (χ3n) is 2.47. The largest absolute Gasteiger partial charge is 0.484 e. The molecule has 0 spiro atoms. The summed E-state index contributed by atoms with van der Waals surface area (Å²) in [7, 11) is 0. The second-order valence-electron chi connectivity index (χ2n) is 4.33. The van der Waals surface area contributed by atoms with Crippen molar-refractivity contribution in [1.82, 2.24) is 10.1 Å². The highest BCUT2D eigenvalue weighted by Gasteiger charge is 2.07. The molecule has 0 saturated carbocycles. The zero-order chi connectivity index (χ0) is 14.5. The third kappa shape index (κ3) is 5.05. The van der Waals surface area contributed by atoms with Crippen molar-refractivity contribution >= 4 is 24.0 Å². The summed E-state index contributed by atoms with van der Waals surface area (Å²) in [5, 5.41) is 6.35. The van der Waals surface area contributed by atoms with Gasteiger partial charge in [-0.3, -0.25) is 4.79 Å². The van der Waals surface area contributed by atoms with E-state index in [9.17, 15) is 4.79 Å². The zero-order valence-corrected chi connectivity index (χ0v) is 12.5. The predicted octanol–water partition coefficient (Wildman–Crippen LogP) is 1.66. The fourth-order valence-corrected chi connectivity index (χ4v) is 1.43. The lowest BCUT2D eigenvalue weighted by molar-refractivity contribution is -0.117. The van der Waals surface area contributed by atoms with Crippen molar-refractivity contribution in [2.24, 2.45) is 5.73 Å². The molecule has 2 aromatic rings. The summed E-state index contributed by atoms with van der Waals surface area (Å²) in [5.74, 6) is 1.38. The summed E-state index contributed by atoms with van der Waals surface area (Å²) in [4.78, 5) is 15.4. The average Bonchev–Trinajstić information content (AvgIpc) is 2.83. The van der Waals surface area contributed by atoms with E-state index in [0.717, 1.165) is 0 Å². The summed E-state index contributed by atoms with van der Waals surface area (Å²) in [5.41, 5.74) is 6.13. The van der Waals surface area contributed by atoms with Crippen molar-refractivity contribution in [3.05, 3.63) is 36.0 Å². The molecule has 0 aliphatic carbocycles. The lowest BCUT2D eigenvalue weighted by Gasteiger charge is -2.08. The molecule has 0 saturated heterocycles. The SMILES string of the molecule is Cc1noc(COc2ccc(NC(=O)[C@H](C)N)cc2)n1.Cl. The van der Waals surface area contributed by atoms with Crippen LogP contribution in [0.1, 0.15) is 18.6 Å². The number of nitrogens with zero attached hydrogens (tertiary/aromatic N) is 2. The van der Waals surface area contributed by atoms with Crippen LogP contribution in [0.4, 0.5) is 5.69 Å². The van der Waals surface area contributed by atoms with Gasteiger partial charge in [0.25, 0.3) is 5.89 Å². The number of hydrogen-bond acceptors (Lipinski definition) is 6. The quantitative estimate of drug-likeness (QED) is 0.870. The Labute approximate surface area is 128 Å². The number of aromatic nitrogens is 2. The van der Waals surface area contributed by atoms with Crippen LogP contribution in [0.2, 0.25) is 0 Å². The first-order chi connectivity index (χ1) is 9.54. The molecule has 1 aromatic carbocycles. The molecule has 1 amide bonds. The fourth-order valence-electron chi connectivity index (χ4n) is 1.43. The van der Waals surface area contributed by atoms with Gasteiger partial charge in [0.15, 0.2) is 12.4 Å². The number of rotatable bonds is 5. The Balaban J connectivity index is 0.00000220. The molecule has 0 bridgehead atoms. The molecule has 21 heavy (non-hydrogen) atoms. The smallest absolute Gasteiger partial charge is 0.264 e. The first-order valence-electron chi connectivity index (χ1n) is 6.13. The van der Waals surface area contributed by atoms with Gasteiger partial charge in [-0.1, -0.05) is 5.16 Å². The number of carbonyl (C=O) groups is 1. The fraction of sp³-hybridized carbons (Fsp3) is 0.308. The Hall–Kier alpha value is -2.12. The molecule has 0 radical (unpaired) electrons. The van der Waals surface area contributed by atoms with Crippen LogP contribution in [0, 0.1) is 6.92 Å². The topological polar surface area (TPSA) is 103 Å². The van der Waals surface area contributed by atoms with Crippen molar-refractivity contribution < 1.29 is 14.1 Å². The Bertz CT molecular complexity index is 583. The number of nitrogens with two attached hydrogens (primary N) is 1. The minimum absolute atomic E-state index is 0. The van der Waals surface area contributed by atoms with Crippen LogP contribution in [-0.4, -0.2) is 22.1 Å². The summed E-state index contributed by atoms with van der Waals surface area (Å²) in [6.45, 7) is 3.56. The van der Waals surface area contributed by atoms with Gasteiger partial charge in [0, 0.05) is 5.69 Å². The number of halogens is 1. The minimum Gasteiger partial charge on any atom is -0.484 e. The maximum atomic E-state index is 11.4. The van der Waals surface area contributed by atoms with Crippen LogP contribution < -0.4 is 15.8 Å². The molecule has 2 rings (SSSR count). The molecule has 1 heterocycles. The van der Waals surface area contributed by atoms with Gasteiger partial charge in [0.2, 0.25) is 5.91 Å². The van der Waals surface area contributed by atoms with Gasteiger partial charge in [0.05, 0.1) is 6.04 Å². The molecule has 0 aliphatic heterocycles. The molecule has 3 N–H and O–H groups in total. The number of ether oxygens (including phenoxy) is 1. The summed E-state index contributed by atoms with van der Waals surface area (Å²) in [6, 6.07) is 6.38. The van der Waals surface area contributed by atoms with E-state index >= 15 is 0 Å². The highest BCUT2D eigenvalue weighted by atomic mass is 35.5. The highest BCUT2D eigenvalue weighted by molar-refractivity contribution is 5.94. The molecule has 114 valence electrons. The normalized spacial score (nSPS) is 11.4. The van der Waals surface area contributed by atoms with Crippen molar-refractivity contribution in [1.29, 1.82) is 0 Å². The number of nitrogens with one attached hydrogen (secondary N) is 1. The number of anilines is 1. The highest BCUT2D eigenvalue weighted by Crippen LogP contribution is 2.16. The van der Waals surface area contributed by atoms with Gasteiger partial charge in [-0.05, 0) is 38.1 Å². The van der Waals surface area contributed by atoms with Crippen LogP contribution in [0.5, 0.6) is 5.75 Å². The van der Waals surface area contributed by atoms with Gasteiger partial charge in [0.1, 0.15) is 5.75 Å². The van der Waals surface area contributed by atoms with E-state index in [1.165, 1.54) is 0 Å². The van der Waals surface area contributed by atoms with Crippen molar-refractivity contribution in [2.75, 3.05) is 5.32 Å². The van der Waals surface area contributed by atoms with Gasteiger partial charge >= 0.3 is 0 Å². The Morgan fingerprint density at radius 2 is 2.10 bits per heavy atom. The minimum atomic E-state index is -0.549. The molecule has 0 fully saturated rings. The van der Waals surface area contributed by atoms with Crippen molar-refractivity contribution in [3.8, 4) is 5.75 Å². The molecular weight excluding hydrogens is 296 g/mol. The molecule has 0 aliphatic rings. The maximum Gasteiger partial charge on any atom is 0.264 e. The van der Waals surface area contributed by atoms with E-state index in [1.54, 1.807) is 38.1 Å². The number of amides is 1. The Kier molecular flexibility index (Phi) is 6.13. The summed E-state index contributed by atoms with van der Waals surface area (Å²) in [6.07, 6.45) is 0. The number of aryl methyl sites for hydroxylation is 1. The van der Waals surface area contributed by atoms with Gasteiger partial charge in [-0.15, -0.1) is 12.4 Å². The average molecular weight is 313 g/mol. The van der Waals surface area contributed by atoms with E-state index in [1.807, 2.05) is 0 Å². The lowest BCUT2D eigenvalue weighted by Crippen LogP contribution is -2.32. The molecular formula is C13H17ClN4O3. The van der Waals surface area contributed by atoms with Crippen LogP contribution in [-0.2, 0) is 11.4 Å². The molecule has 1 atom stereocenters.